The van der Waals surface area contributed by atoms with Gasteiger partial charge in [0.25, 0.3) is 5.60 Å². The lowest BCUT2D eigenvalue weighted by atomic mass is 9.94. The molecule has 0 aromatic heterocycles. The van der Waals surface area contributed by atoms with E-state index >= 15 is 0 Å². The van der Waals surface area contributed by atoms with Crippen LogP contribution in [0.5, 0.6) is 0 Å². The number of aliphatic hydroxyl groups is 1. The minimum Gasteiger partial charge on any atom is -0.481 e. The molecule has 2 rings (SSSR count). The van der Waals surface area contributed by atoms with Crippen molar-refractivity contribution in [1.29, 1.82) is 0 Å². The molecule has 0 amide bonds. The smallest absolute Gasteiger partial charge is 0.426 e. The molecule has 2 aromatic carbocycles. The van der Waals surface area contributed by atoms with Crippen molar-refractivity contribution in [2.45, 2.75) is 58.5 Å². The van der Waals surface area contributed by atoms with Crippen LogP contribution in [0, 0.1) is 19.8 Å². The average molecular weight is 582 g/mol. The van der Waals surface area contributed by atoms with Crippen molar-refractivity contribution in [3.63, 3.8) is 0 Å². The van der Waals surface area contributed by atoms with Crippen LogP contribution in [0.1, 0.15) is 64.1 Å². The molecule has 0 saturated carbocycles. The van der Waals surface area contributed by atoms with E-state index in [2.05, 4.69) is 0 Å². The minimum absolute atomic E-state index is 0.0356. The lowest BCUT2D eigenvalue weighted by molar-refractivity contribution is -0.368. The van der Waals surface area contributed by atoms with Crippen LogP contribution in [0.3, 0.4) is 0 Å². The molecule has 222 valence electrons. The zero-order chi connectivity index (χ0) is 31.6. The van der Waals surface area contributed by atoms with E-state index in [1.165, 1.54) is 6.07 Å². The summed E-state index contributed by atoms with van der Waals surface area (Å²) in [7, 11) is 0. The molecular weight excluding hydrogens is 554 g/mol. The van der Waals surface area contributed by atoms with Crippen LogP contribution in [0.15, 0.2) is 42.5 Å². The lowest BCUT2D eigenvalue weighted by Crippen LogP contribution is -2.57. The largest absolute Gasteiger partial charge is 0.481 e. The van der Waals surface area contributed by atoms with Crippen LogP contribution in [-0.2, 0) is 9.59 Å². The maximum absolute atomic E-state index is 12.5. The van der Waals surface area contributed by atoms with Crippen molar-refractivity contribution in [2.75, 3.05) is 0 Å². The van der Waals surface area contributed by atoms with E-state index in [4.69, 9.17) is 20.4 Å². The summed E-state index contributed by atoms with van der Waals surface area (Å²) in [6, 6.07) is 11.9. The molecule has 8 nitrogen and oxygen atoms in total. The van der Waals surface area contributed by atoms with E-state index in [1.807, 2.05) is 32.9 Å². The molecule has 0 bridgehead atoms. The average Bonchev–Trinajstić information content (AvgIpc) is 2.83. The SMILES string of the molecule is CCC(C)C(=O)O.Cc1ccc(C)c(C(=O)c2ccccc2C(=O)O)c1.O=C(O)CC(O)(C(F)(F)F)C(F)(F)F. The standard InChI is InChI=1S/C16H14O3.C5H4F6O3.C5H10O2/c1-10-7-8-11(2)14(9-10)15(17)12-5-3-4-6-13(12)16(18)19;6-4(7,8)3(14,1-2(12)13)5(9,10)11;1-3-4(2)5(6)7/h3-9H,1-2H3,(H,18,19);14H,1H2,(H,12,13);4H,3H2,1-2H3,(H,6,7). The summed E-state index contributed by atoms with van der Waals surface area (Å²) in [5.41, 5.74) is -2.57. The molecule has 0 aliphatic heterocycles. The number of carboxylic acid groups (broad SMARTS) is 3. The summed E-state index contributed by atoms with van der Waals surface area (Å²) < 4.78 is 70.4. The number of hydrogen-bond acceptors (Lipinski definition) is 5. The van der Waals surface area contributed by atoms with Gasteiger partial charge in [0.15, 0.2) is 5.78 Å². The molecule has 0 heterocycles. The van der Waals surface area contributed by atoms with Crippen LogP contribution in [-0.4, -0.2) is 62.1 Å². The summed E-state index contributed by atoms with van der Waals surface area (Å²) in [4.78, 5) is 43.3. The molecule has 0 saturated heterocycles. The predicted molar refractivity (Wildman–Crippen MR) is 129 cm³/mol. The summed E-state index contributed by atoms with van der Waals surface area (Å²) in [6.45, 7) is 7.30. The Hall–Kier alpha value is -3.94. The Morgan fingerprint density at radius 3 is 1.60 bits per heavy atom. The number of hydrogen-bond donors (Lipinski definition) is 4. The molecular formula is C26H28F6O8. The van der Waals surface area contributed by atoms with E-state index in [9.17, 15) is 45.5 Å². The zero-order valence-corrected chi connectivity index (χ0v) is 21.7. The van der Waals surface area contributed by atoms with Gasteiger partial charge in [-0.3, -0.25) is 14.4 Å². The number of rotatable bonds is 7. The maximum Gasteiger partial charge on any atom is 0.426 e. The van der Waals surface area contributed by atoms with Crippen LogP contribution in [0.2, 0.25) is 0 Å². The Morgan fingerprint density at radius 1 is 0.800 bits per heavy atom. The van der Waals surface area contributed by atoms with Gasteiger partial charge in [-0.15, -0.1) is 0 Å². The molecule has 0 aliphatic carbocycles. The number of alkyl halides is 6. The first-order chi connectivity index (χ1) is 18.1. The van der Waals surface area contributed by atoms with Crippen molar-refractivity contribution in [3.05, 3.63) is 70.3 Å². The fourth-order valence-corrected chi connectivity index (χ4v) is 2.75. The summed E-state index contributed by atoms with van der Waals surface area (Å²) in [5, 5.41) is 33.4. The van der Waals surface area contributed by atoms with E-state index in [1.54, 1.807) is 31.2 Å². The Bertz CT molecular complexity index is 1190. The van der Waals surface area contributed by atoms with Gasteiger partial charge in [-0.25, -0.2) is 4.79 Å². The molecule has 14 heteroatoms. The zero-order valence-electron chi connectivity index (χ0n) is 21.7. The second-order valence-electron chi connectivity index (χ2n) is 8.57. The summed E-state index contributed by atoms with van der Waals surface area (Å²) >= 11 is 0. The third-order valence-electron chi connectivity index (χ3n) is 5.42. The van der Waals surface area contributed by atoms with Gasteiger partial charge in [-0.05, 0) is 38.0 Å². The number of aryl methyl sites for hydroxylation is 2. The Labute approximate surface area is 224 Å². The third kappa shape index (κ3) is 9.98. The molecule has 0 radical (unpaired) electrons. The Morgan fingerprint density at radius 2 is 1.27 bits per heavy atom. The van der Waals surface area contributed by atoms with Crippen molar-refractivity contribution >= 4 is 23.7 Å². The molecule has 2 aromatic rings. The van der Waals surface area contributed by atoms with E-state index in [-0.39, 0.29) is 22.8 Å². The van der Waals surface area contributed by atoms with Gasteiger partial charge in [0, 0.05) is 11.1 Å². The third-order valence-corrected chi connectivity index (χ3v) is 5.42. The number of benzene rings is 2. The first-order valence-corrected chi connectivity index (χ1v) is 11.3. The number of carboxylic acids is 3. The van der Waals surface area contributed by atoms with Gasteiger partial charge in [-0.1, -0.05) is 49.7 Å². The quantitative estimate of drug-likeness (QED) is 0.241. The monoisotopic (exact) mass is 582 g/mol. The van der Waals surface area contributed by atoms with Gasteiger partial charge < -0.3 is 20.4 Å². The normalized spacial score (nSPS) is 12.2. The highest BCUT2D eigenvalue weighted by Gasteiger charge is 2.71. The fourth-order valence-electron chi connectivity index (χ4n) is 2.75. The van der Waals surface area contributed by atoms with Gasteiger partial charge in [-0.2, -0.15) is 26.3 Å². The molecule has 1 atom stereocenters. The minimum atomic E-state index is -6.08. The van der Waals surface area contributed by atoms with Crippen LogP contribution >= 0.6 is 0 Å². The Balaban J connectivity index is 0.000000637. The van der Waals surface area contributed by atoms with E-state index in [0.29, 0.717) is 5.56 Å². The van der Waals surface area contributed by atoms with E-state index < -0.39 is 42.3 Å². The fraction of sp³-hybridized carbons (Fsp3) is 0.385. The first kappa shape index (κ1) is 36.1. The second-order valence-corrected chi connectivity index (χ2v) is 8.57. The lowest BCUT2D eigenvalue weighted by Gasteiger charge is -2.30. The number of halogens is 6. The van der Waals surface area contributed by atoms with Crippen molar-refractivity contribution in [1.82, 2.24) is 0 Å². The molecule has 0 aliphatic rings. The molecule has 1 unspecified atom stereocenters. The summed E-state index contributed by atoms with van der Waals surface area (Å²) in [6.07, 6.45) is -13.9. The molecule has 0 spiro atoms. The second kappa shape index (κ2) is 14.4. The first-order valence-electron chi connectivity index (χ1n) is 11.3. The highest BCUT2D eigenvalue weighted by Crippen LogP contribution is 2.45. The topological polar surface area (TPSA) is 149 Å². The number of aliphatic carboxylic acids is 2. The molecule has 4 N–H and O–H groups in total. The van der Waals surface area contributed by atoms with Crippen molar-refractivity contribution < 1.29 is 65.9 Å². The highest BCUT2D eigenvalue weighted by molar-refractivity contribution is 6.14. The van der Waals surface area contributed by atoms with Crippen LogP contribution in [0.4, 0.5) is 26.3 Å². The number of aromatic carboxylic acids is 1. The molecule has 0 fully saturated rings. The Kier molecular flexibility index (Phi) is 13.0. The van der Waals surface area contributed by atoms with Gasteiger partial charge >= 0.3 is 30.3 Å². The number of ketones is 1. The van der Waals surface area contributed by atoms with Crippen molar-refractivity contribution in [3.8, 4) is 0 Å². The van der Waals surface area contributed by atoms with Gasteiger partial charge in [0.05, 0.1) is 17.9 Å². The molecule has 40 heavy (non-hydrogen) atoms. The maximum atomic E-state index is 12.5. The summed E-state index contributed by atoms with van der Waals surface area (Å²) in [5.74, 6) is -4.63. The highest BCUT2D eigenvalue weighted by atomic mass is 19.4. The number of carbonyl (C=O) groups excluding carboxylic acids is 1. The van der Waals surface area contributed by atoms with Crippen LogP contribution < -0.4 is 0 Å². The van der Waals surface area contributed by atoms with Gasteiger partial charge in [0.1, 0.15) is 0 Å². The predicted octanol–water partition coefficient (Wildman–Crippen LogP) is 5.67. The van der Waals surface area contributed by atoms with Crippen LogP contribution in [0.25, 0.3) is 0 Å². The number of carbonyl (C=O) groups is 4. The van der Waals surface area contributed by atoms with E-state index in [0.717, 1.165) is 17.5 Å². The van der Waals surface area contributed by atoms with Gasteiger partial charge in [0.2, 0.25) is 0 Å². The van der Waals surface area contributed by atoms with Crippen molar-refractivity contribution in [2.24, 2.45) is 5.92 Å².